The van der Waals surface area contributed by atoms with E-state index in [2.05, 4.69) is 10.3 Å². The summed E-state index contributed by atoms with van der Waals surface area (Å²) in [5.74, 6) is 0.570. The number of amides is 1. The van der Waals surface area contributed by atoms with Gasteiger partial charge in [0.25, 0.3) is 11.6 Å². The molecule has 3 aromatic rings. The van der Waals surface area contributed by atoms with Crippen molar-refractivity contribution in [2.75, 3.05) is 7.11 Å². The van der Waals surface area contributed by atoms with Gasteiger partial charge in [-0.1, -0.05) is 23.7 Å². The van der Waals surface area contributed by atoms with Crippen LogP contribution in [0.5, 0.6) is 5.75 Å². The summed E-state index contributed by atoms with van der Waals surface area (Å²) in [6, 6.07) is 10.4. The van der Waals surface area contributed by atoms with Crippen molar-refractivity contribution in [2.45, 2.75) is 6.04 Å². The van der Waals surface area contributed by atoms with E-state index in [0.29, 0.717) is 11.6 Å². The number of carbonyl (C=O) groups is 1. The van der Waals surface area contributed by atoms with Gasteiger partial charge in [0.2, 0.25) is 0 Å². The fraction of sp³-hybridized carbons (Fsp3) is 0.158. The molecule has 3 rings (SSSR count). The molecule has 28 heavy (non-hydrogen) atoms. The van der Waals surface area contributed by atoms with E-state index in [9.17, 15) is 14.9 Å². The average Bonchev–Trinajstić information content (AvgIpc) is 3.11. The van der Waals surface area contributed by atoms with Crippen LogP contribution in [0.15, 0.2) is 54.9 Å². The van der Waals surface area contributed by atoms with Gasteiger partial charge in [-0.15, -0.1) is 0 Å². The fourth-order valence-corrected chi connectivity index (χ4v) is 3.00. The third kappa shape index (κ3) is 3.96. The largest absolute Gasteiger partial charge is 0.497 e. The van der Waals surface area contributed by atoms with E-state index in [1.165, 1.54) is 12.1 Å². The molecule has 0 fully saturated rings. The lowest BCUT2D eigenvalue weighted by Crippen LogP contribution is -2.31. The van der Waals surface area contributed by atoms with Gasteiger partial charge in [0.15, 0.2) is 0 Å². The molecule has 1 heterocycles. The molecule has 1 atom stereocenters. The number of nitrogens with zero attached hydrogens (tertiary/aromatic N) is 3. The molecule has 1 amide bonds. The number of nitrogens with one attached hydrogen (secondary N) is 1. The number of hydrogen-bond acceptors (Lipinski definition) is 5. The second-order valence-corrected chi connectivity index (χ2v) is 6.43. The molecule has 8 nitrogen and oxygen atoms in total. The zero-order chi connectivity index (χ0) is 20.3. The highest BCUT2D eigenvalue weighted by Crippen LogP contribution is 2.27. The minimum absolute atomic E-state index is 0.0866. The highest BCUT2D eigenvalue weighted by molar-refractivity contribution is 6.31. The van der Waals surface area contributed by atoms with Crippen LogP contribution in [0.25, 0.3) is 0 Å². The lowest BCUT2D eigenvalue weighted by atomic mass is 10.0. The van der Waals surface area contributed by atoms with E-state index in [4.69, 9.17) is 16.3 Å². The van der Waals surface area contributed by atoms with Gasteiger partial charge in [-0.3, -0.25) is 14.9 Å². The quantitative estimate of drug-likeness (QED) is 0.504. The second kappa shape index (κ2) is 8.10. The topological polar surface area (TPSA) is 99.3 Å². The van der Waals surface area contributed by atoms with Gasteiger partial charge >= 0.3 is 0 Å². The third-order valence-electron chi connectivity index (χ3n) is 4.22. The van der Waals surface area contributed by atoms with Crippen molar-refractivity contribution >= 4 is 23.2 Å². The Morgan fingerprint density at radius 2 is 2.11 bits per heavy atom. The fourth-order valence-electron chi connectivity index (χ4n) is 2.83. The molecule has 0 radical (unpaired) electrons. The maximum absolute atomic E-state index is 12.9. The molecular weight excluding hydrogens is 384 g/mol. The number of benzene rings is 2. The molecule has 9 heteroatoms. The lowest BCUT2D eigenvalue weighted by molar-refractivity contribution is -0.385. The Hall–Kier alpha value is -3.39. The van der Waals surface area contributed by atoms with E-state index in [-0.39, 0.29) is 16.3 Å². The molecule has 0 saturated carbocycles. The number of nitro groups is 1. The summed E-state index contributed by atoms with van der Waals surface area (Å²) in [5, 5.41) is 14.3. The zero-order valence-electron chi connectivity index (χ0n) is 15.1. The van der Waals surface area contributed by atoms with Crippen LogP contribution in [-0.4, -0.2) is 27.5 Å². The first-order valence-corrected chi connectivity index (χ1v) is 8.64. The molecule has 0 aliphatic rings. The van der Waals surface area contributed by atoms with Gasteiger partial charge in [-0.2, -0.15) is 0 Å². The van der Waals surface area contributed by atoms with Crippen molar-refractivity contribution in [1.82, 2.24) is 14.9 Å². The third-order valence-corrected chi connectivity index (χ3v) is 4.46. The van der Waals surface area contributed by atoms with Gasteiger partial charge in [0.1, 0.15) is 23.2 Å². The summed E-state index contributed by atoms with van der Waals surface area (Å²) < 4.78 is 7.03. The Morgan fingerprint density at radius 1 is 1.32 bits per heavy atom. The number of carbonyl (C=O) groups excluding carboxylic acids is 1. The van der Waals surface area contributed by atoms with Crippen molar-refractivity contribution in [3.63, 3.8) is 0 Å². The van der Waals surface area contributed by atoms with Crippen molar-refractivity contribution in [3.8, 4) is 5.75 Å². The molecule has 1 aromatic heterocycles. The van der Waals surface area contributed by atoms with Gasteiger partial charge in [-0.25, -0.2) is 4.98 Å². The first-order valence-electron chi connectivity index (χ1n) is 8.26. The summed E-state index contributed by atoms with van der Waals surface area (Å²) in [5.41, 5.74) is 0.268. The van der Waals surface area contributed by atoms with E-state index < -0.39 is 16.9 Å². The van der Waals surface area contributed by atoms with E-state index in [1.807, 2.05) is 6.07 Å². The maximum atomic E-state index is 12.9. The number of halogens is 1. The van der Waals surface area contributed by atoms with Crippen molar-refractivity contribution in [2.24, 2.45) is 7.05 Å². The minimum atomic E-state index is -0.641. The number of rotatable bonds is 6. The Kier molecular flexibility index (Phi) is 5.60. The highest BCUT2D eigenvalue weighted by Gasteiger charge is 2.26. The Labute approximate surface area is 165 Å². The predicted octanol–water partition coefficient (Wildman–Crippen LogP) is 3.51. The molecular formula is C19H17ClN4O4. The molecule has 2 aromatic carbocycles. The SMILES string of the molecule is COc1cccc(C(NC(=O)c2ccc(Cl)cc2[N+](=O)[O-])c2nccn2C)c1. The Morgan fingerprint density at radius 3 is 2.75 bits per heavy atom. The molecule has 0 saturated heterocycles. The first-order chi connectivity index (χ1) is 13.4. The molecule has 0 bridgehead atoms. The summed E-state index contributed by atoms with van der Waals surface area (Å²) in [4.78, 5) is 27.9. The van der Waals surface area contributed by atoms with Gasteiger partial charge in [0, 0.05) is 30.5 Å². The standard InChI is InChI=1S/C19H17ClN4O4/c1-23-9-8-21-18(23)17(12-4-3-5-14(10-12)28-2)22-19(25)15-7-6-13(20)11-16(15)24(26)27/h3-11,17H,1-2H3,(H,22,25). The van der Waals surface area contributed by atoms with Crippen LogP contribution in [-0.2, 0) is 7.05 Å². The normalized spacial score (nSPS) is 11.7. The second-order valence-electron chi connectivity index (χ2n) is 6.00. The number of aryl methyl sites for hydroxylation is 1. The first kappa shape index (κ1) is 19.4. The number of methoxy groups -OCH3 is 1. The van der Waals surface area contributed by atoms with Gasteiger partial charge < -0.3 is 14.6 Å². The van der Waals surface area contributed by atoms with Crippen LogP contribution in [0.3, 0.4) is 0 Å². The lowest BCUT2D eigenvalue weighted by Gasteiger charge is -2.20. The molecule has 1 unspecified atom stereocenters. The maximum Gasteiger partial charge on any atom is 0.283 e. The zero-order valence-corrected chi connectivity index (χ0v) is 15.9. The smallest absolute Gasteiger partial charge is 0.283 e. The summed E-state index contributed by atoms with van der Waals surface area (Å²) >= 11 is 5.84. The van der Waals surface area contributed by atoms with E-state index in [0.717, 1.165) is 11.6 Å². The average molecular weight is 401 g/mol. The van der Waals surface area contributed by atoms with E-state index in [1.54, 1.807) is 49.3 Å². The minimum Gasteiger partial charge on any atom is -0.497 e. The van der Waals surface area contributed by atoms with Crippen LogP contribution in [0.1, 0.15) is 27.8 Å². The summed E-state index contributed by atoms with van der Waals surface area (Å²) in [6.45, 7) is 0. The molecule has 0 spiro atoms. The molecule has 1 N–H and O–H groups in total. The highest BCUT2D eigenvalue weighted by atomic mass is 35.5. The van der Waals surface area contributed by atoms with Crippen LogP contribution in [0.2, 0.25) is 5.02 Å². The number of aromatic nitrogens is 2. The van der Waals surface area contributed by atoms with Crippen molar-refractivity contribution in [1.29, 1.82) is 0 Å². The van der Waals surface area contributed by atoms with Crippen molar-refractivity contribution < 1.29 is 14.5 Å². The van der Waals surface area contributed by atoms with Gasteiger partial charge in [0.05, 0.1) is 12.0 Å². The monoisotopic (exact) mass is 400 g/mol. The summed E-state index contributed by atoms with van der Waals surface area (Å²) in [6.07, 6.45) is 3.36. The number of nitro benzene ring substituents is 1. The number of imidazole rings is 1. The summed E-state index contributed by atoms with van der Waals surface area (Å²) in [7, 11) is 3.34. The Bertz CT molecular complexity index is 1030. The van der Waals surface area contributed by atoms with Crippen LogP contribution in [0, 0.1) is 10.1 Å². The van der Waals surface area contributed by atoms with Crippen LogP contribution >= 0.6 is 11.6 Å². The number of ether oxygens (including phenoxy) is 1. The van der Waals surface area contributed by atoms with Crippen LogP contribution in [0.4, 0.5) is 5.69 Å². The molecule has 0 aliphatic heterocycles. The van der Waals surface area contributed by atoms with Crippen molar-refractivity contribution in [3.05, 3.63) is 86.9 Å². The number of hydrogen-bond donors (Lipinski definition) is 1. The van der Waals surface area contributed by atoms with Crippen LogP contribution < -0.4 is 10.1 Å². The molecule has 144 valence electrons. The van der Waals surface area contributed by atoms with E-state index >= 15 is 0 Å². The van der Waals surface area contributed by atoms with Gasteiger partial charge in [-0.05, 0) is 29.8 Å². The predicted molar refractivity (Wildman–Crippen MR) is 104 cm³/mol. The Balaban J connectivity index is 2.02. The molecule has 0 aliphatic carbocycles.